The Hall–Kier alpha value is -4.93. The summed E-state index contributed by atoms with van der Waals surface area (Å²) in [6.07, 6.45) is -0.821. The van der Waals surface area contributed by atoms with Crippen LogP contribution >= 0.6 is 0 Å². The summed E-state index contributed by atoms with van der Waals surface area (Å²) in [4.78, 5) is 49.1. The van der Waals surface area contributed by atoms with Crippen LogP contribution in [0.15, 0.2) is 59.8 Å². The van der Waals surface area contributed by atoms with Crippen LogP contribution in [0.3, 0.4) is 0 Å². The van der Waals surface area contributed by atoms with Gasteiger partial charge in [0, 0.05) is 11.6 Å². The average Bonchev–Trinajstić information content (AvgIpc) is 2.89. The topological polar surface area (TPSA) is 153 Å². The molecule has 0 fully saturated rings. The molecule has 0 saturated carbocycles. The molecule has 0 aliphatic heterocycles. The number of phenols is 1. The highest BCUT2D eigenvalue weighted by atomic mass is 16.5. The van der Waals surface area contributed by atoms with E-state index in [0.29, 0.717) is 11.4 Å². The van der Waals surface area contributed by atoms with E-state index < -0.39 is 23.5 Å². The number of nitrogens with one attached hydrogen (secondary N) is 2. The van der Waals surface area contributed by atoms with E-state index in [2.05, 4.69) is 15.8 Å². The number of ether oxygens (including phenoxy) is 3. The van der Waals surface area contributed by atoms with E-state index in [-0.39, 0.29) is 52.1 Å². The van der Waals surface area contributed by atoms with E-state index in [0.717, 1.165) is 6.07 Å². The number of amides is 2. The Kier molecular flexibility index (Phi) is 10.0. The van der Waals surface area contributed by atoms with E-state index in [9.17, 15) is 24.4 Å². The first-order chi connectivity index (χ1) is 19.4. The third-order valence-electron chi connectivity index (χ3n) is 5.36. The molecule has 3 aromatic rings. The second-order valence-corrected chi connectivity index (χ2v) is 9.91. The minimum Gasteiger partial charge on any atom is -0.507 e. The van der Waals surface area contributed by atoms with Crippen molar-refractivity contribution in [3.63, 3.8) is 0 Å². The highest BCUT2D eigenvalue weighted by Gasteiger charge is 2.19. The van der Waals surface area contributed by atoms with Crippen LogP contribution in [0.4, 0.5) is 17.1 Å². The Balaban J connectivity index is 1.88. The summed E-state index contributed by atoms with van der Waals surface area (Å²) in [5, 5.41) is 18.3. The van der Waals surface area contributed by atoms with Gasteiger partial charge in [-0.3, -0.25) is 9.59 Å². The van der Waals surface area contributed by atoms with E-state index in [1.54, 1.807) is 33.8 Å². The van der Waals surface area contributed by atoms with Crippen molar-refractivity contribution in [3.05, 3.63) is 76.2 Å². The molecule has 11 heteroatoms. The number of esters is 1. The van der Waals surface area contributed by atoms with E-state index in [1.807, 2.05) is 13.8 Å². The van der Waals surface area contributed by atoms with Gasteiger partial charge in [0.25, 0.3) is 11.8 Å². The molecule has 3 aromatic carbocycles. The first kappa shape index (κ1) is 30.6. The summed E-state index contributed by atoms with van der Waals surface area (Å²) >= 11 is 0. The van der Waals surface area contributed by atoms with Gasteiger partial charge in [-0.25, -0.2) is 4.79 Å². The number of phenolic OH excluding ortho intramolecular Hbond substituents is 1. The molecule has 0 aromatic heterocycles. The summed E-state index contributed by atoms with van der Waals surface area (Å²) in [7, 11) is 0. The molecule has 2 amide bonds. The Morgan fingerprint density at radius 2 is 1.24 bits per heavy atom. The quantitative estimate of drug-likeness (QED) is 0.178. The van der Waals surface area contributed by atoms with Crippen LogP contribution in [-0.4, -0.2) is 41.2 Å². The number of nitrogens with zero attached hydrogens (tertiary/aromatic N) is 1. The standard InChI is InChI=1S/C30H33N3O8/c1-16(2)39-26-13-19(7-11-24(26)32-29(36)22-10-9-21(33-38)15-25(22)34)28(35)31-23-12-8-20(30(37)41-18(5)6)14-27(23)40-17(3)4/h7-18,34H,1-6H3,(H,31,35)(H,32,36). The summed E-state index contributed by atoms with van der Waals surface area (Å²) < 4.78 is 17.0. The zero-order chi connectivity index (χ0) is 30.3. The van der Waals surface area contributed by atoms with Gasteiger partial charge in [0.15, 0.2) is 0 Å². The molecule has 0 spiro atoms. The lowest BCUT2D eigenvalue weighted by molar-refractivity contribution is 0.0377. The van der Waals surface area contributed by atoms with Crippen LogP contribution in [0.2, 0.25) is 0 Å². The SMILES string of the molecule is CC(C)OC(=O)c1ccc(NC(=O)c2ccc(NC(=O)c3ccc(N=O)cc3O)c(OC(C)C)c2)c(OC(C)C)c1. The highest BCUT2D eigenvalue weighted by molar-refractivity contribution is 6.09. The molecule has 0 heterocycles. The number of hydrogen-bond donors (Lipinski definition) is 3. The van der Waals surface area contributed by atoms with Gasteiger partial charge in [0.2, 0.25) is 0 Å². The van der Waals surface area contributed by atoms with Crippen LogP contribution in [0.25, 0.3) is 0 Å². The normalized spacial score (nSPS) is 10.9. The third kappa shape index (κ3) is 8.28. The molecule has 0 aliphatic carbocycles. The van der Waals surface area contributed by atoms with Crippen molar-refractivity contribution in [1.29, 1.82) is 0 Å². The maximum Gasteiger partial charge on any atom is 0.338 e. The fourth-order valence-corrected chi connectivity index (χ4v) is 3.66. The number of nitroso groups, excluding NO2 is 1. The van der Waals surface area contributed by atoms with Crippen LogP contribution in [0, 0.1) is 4.91 Å². The van der Waals surface area contributed by atoms with Crippen molar-refractivity contribution < 1.29 is 33.7 Å². The summed E-state index contributed by atoms with van der Waals surface area (Å²) in [6, 6.07) is 12.7. The molecule has 0 atom stereocenters. The Labute approximate surface area is 237 Å². The van der Waals surface area contributed by atoms with Gasteiger partial charge in [-0.1, -0.05) is 0 Å². The van der Waals surface area contributed by atoms with Gasteiger partial charge in [-0.15, -0.1) is 4.91 Å². The molecular weight excluding hydrogens is 530 g/mol. The Morgan fingerprint density at radius 1 is 0.707 bits per heavy atom. The van der Waals surface area contributed by atoms with Crippen LogP contribution in [0.5, 0.6) is 17.2 Å². The molecule has 3 rings (SSSR count). The third-order valence-corrected chi connectivity index (χ3v) is 5.36. The zero-order valence-electron chi connectivity index (χ0n) is 23.7. The zero-order valence-corrected chi connectivity index (χ0v) is 23.7. The first-order valence-corrected chi connectivity index (χ1v) is 13.0. The number of benzene rings is 3. The molecule has 3 N–H and O–H groups in total. The summed E-state index contributed by atoms with van der Waals surface area (Å²) in [5.41, 5.74) is 1.01. The number of carbonyl (C=O) groups excluding carboxylic acids is 3. The van der Waals surface area contributed by atoms with Crippen LogP contribution < -0.4 is 20.1 Å². The van der Waals surface area contributed by atoms with Crippen molar-refractivity contribution in [2.75, 3.05) is 10.6 Å². The minimum absolute atomic E-state index is 0.0228. The predicted molar refractivity (Wildman–Crippen MR) is 154 cm³/mol. The van der Waals surface area contributed by atoms with E-state index in [4.69, 9.17) is 14.2 Å². The van der Waals surface area contributed by atoms with Crippen molar-refractivity contribution >= 4 is 34.8 Å². The summed E-state index contributed by atoms with van der Waals surface area (Å²) in [6.45, 7) is 10.7. The molecule has 11 nitrogen and oxygen atoms in total. The van der Waals surface area contributed by atoms with E-state index in [1.165, 1.54) is 42.5 Å². The number of anilines is 2. The average molecular weight is 564 g/mol. The maximum absolute atomic E-state index is 13.2. The van der Waals surface area contributed by atoms with Gasteiger partial charge < -0.3 is 30.0 Å². The fraction of sp³-hybridized carbons (Fsp3) is 0.300. The highest BCUT2D eigenvalue weighted by Crippen LogP contribution is 2.32. The molecule has 0 unspecified atom stereocenters. The van der Waals surface area contributed by atoms with Gasteiger partial charge >= 0.3 is 5.97 Å². The molecule has 0 radical (unpaired) electrons. The Morgan fingerprint density at radius 3 is 1.76 bits per heavy atom. The largest absolute Gasteiger partial charge is 0.507 e. The molecule has 0 aliphatic rings. The van der Waals surface area contributed by atoms with E-state index >= 15 is 0 Å². The smallest absolute Gasteiger partial charge is 0.338 e. The summed E-state index contributed by atoms with van der Waals surface area (Å²) in [5.74, 6) is -1.55. The van der Waals surface area contributed by atoms with Crippen molar-refractivity contribution in [2.24, 2.45) is 5.18 Å². The second kappa shape index (κ2) is 13.4. The number of carbonyl (C=O) groups is 3. The van der Waals surface area contributed by atoms with Crippen molar-refractivity contribution in [2.45, 2.75) is 59.9 Å². The lowest BCUT2D eigenvalue weighted by atomic mass is 10.1. The molecule has 0 bridgehead atoms. The van der Waals surface area contributed by atoms with Crippen LogP contribution in [0.1, 0.15) is 72.6 Å². The number of hydrogen-bond acceptors (Lipinski definition) is 9. The van der Waals surface area contributed by atoms with Crippen molar-refractivity contribution in [3.8, 4) is 17.2 Å². The second-order valence-electron chi connectivity index (χ2n) is 9.91. The van der Waals surface area contributed by atoms with Crippen LogP contribution in [-0.2, 0) is 4.74 Å². The van der Waals surface area contributed by atoms with Gasteiger partial charge in [-0.05, 0) is 95.3 Å². The van der Waals surface area contributed by atoms with Gasteiger partial charge in [0.1, 0.15) is 22.9 Å². The molecular formula is C30H33N3O8. The minimum atomic E-state index is -0.655. The lowest BCUT2D eigenvalue weighted by Gasteiger charge is -2.18. The Bertz CT molecular complexity index is 1450. The molecule has 216 valence electrons. The van der Waals surface area contributed by atoms with Crippen molar-refractivity contribution in [1.82, 2.24) is 0 Å². The maximum atomic E-state index is 13.2. The lowest BCUT2D eigenvalue weighted by Crippen LogP contribution is -2.18. The molecule has 41 heavy (non-hydrogen) atoms. The predicted octanol–water partition coefficient (Wildman–Crippen LogP) is 6.43. The number of rotatable bonds is 11. The molecule has 0 saturated heterocycles. The fourth-order valence-electron chi connectivity index (χ4n) is 3.66. The monoisotopic (exact) mass is 563 g/mol. The number of aromatic hydroxyl groups is 1. The first-order valence-electron chi connectivity index (χ1n) is 13.0. The van der Waals surface area contributed by atoms with Gasteiger partial charge in [0.05, 0.1) is 40.8 Å². The van der Waals surface area contributed by atoms with Gasteiger partial charge in [-0.2, -0.15) is 0 Å².